The van der Waals surface area contributed by atoms with E-state index in [4.69, 9.17) is 0 Å². The molecule has 1 heterocycles. The summed E-state index contributed by atoms with van der Waals surface area (Å²) in [5.74, 6) is 0.115. The first-order chi connectivity index (χ1) is 10.8. The van der Waals surface area contributed by atoms with E-state index in [0.717, 1.165) is 26.2 Å². The molecule has 0 aliphatic carbocycles. The Hall–Kier alpha value is -1.39. The van der Waals surface area contributed by atoms with Gasteiger partial charge in [0.2, 0.25) is 5.91 Å². The van der Waals surface area contributed by atoms with Crippen molar-refractivity contribution in [1.29, 1.82) is 0 Å². The molecule has 1 aromatic carbocycles. The fourth-order valence-corrected chi connectivity index (χ4v) is 2.83. The maximum absolute atomic E-state index is 12.3. The molecule has 1 amide bonds. The van der Waals surface area contributed by atoms with Crippen LogP contribution in [0.25, 0.3) is 0 Å². The molecule has 1 N–H and O–H groups in total. The molecule has 0 aromatic heterocycles. The van der Waals surface area contributed by atoms with Gasteiger partial charge in [0.25, 0.3) is 0 Å². The van der Waals surface area contributed by atoms with Gasteiger partial charge in [0, 0.05) is 38.1 Å². The zero-order valence-corrected chi connectivity index (χ0v) is 15.2. The van der Waals surface area contributed by atoms with E-state index in [1.54, 1.807) is 0 Å². The third kappa shape index (κ3) is 5.05. The fourth-order valence-electron chi connectivity index (χ4n) is 2.83. The first kappa shape index (κ1) is 18.0. The van der Waals surface area contributed by atoms with E-state index in [-0.39, 0.29) is 17.4 Å². The molecule has 0 unspecified atom stereocenters. The summed E-state index contributed by atoms with van der Waals surface area (Å²) in [5.41, 5.74) is 2.21. The number of carbonyl (C=O) groups is 1. The van der Waals surface area contributed by atoms with Crippen LogP contribution in [-0.4, -0.2) is 55.5 Å². The minimum absolute atomic E-state index is 0.115. The van der Waals surface area contributed by atoms with Crippen LogP contribution in [0, 0.1) is 12.3 Å². The van der Waals surface area contributed by atoms with Crippen LogP contribution in [0.5, 0.6) is 0 Å². The molecule has 2 rings (SSSR count). The molecule has 23 heavy (non-hydrogen) atoms. The van der Waals surface area contributed by atoms with Crippen LogP contribution in [0.1, 0.15) is 37.9 Å². The minimum Gasteiger partial charge on any atom is -0.354 e. The fraction of sp³-hybridized carbons (Fsp3) is 0.632. The third-order valence-corrected chi connectivity index (χ3v) is 4.58. The number of nitrogens with zero attached hydrogens (tertiary/aromatic N) is 2. The van der Waals surface area contributed by atoms with Crippen LogP contribution >= 0.6 is 0 Å². The smallest absolute Gasteiger partial charge is 0.225 e. The Balaban J connectivity index is 2.11. The molecule has 0 bridgehead atoms. The number of amides is 1. The second-order valence-corrected chi connectivity index (χ2v) is 7.73. The largest absolute Gasteiger partial charge is 0.354 e. The van der Waals surface area contributed by atoms with E-state index in [0.29, 0.717) is 6.54 Å². The molecule has 0 spiro atoms. The van der Waals surface area contributed by atoms with Gasteiger partial charge in [-0.2, -0.15) is 0 Å². The van der Waals surface area contributed by atoms with Gasteiger partial charge >= 0.3 is 0 Å². The summed E-state index contributed by atoms with van der Waals surface area (Å²) in [5, 5.41) is 3.15. The standard InChI is InChI=1S/C19H31N3O/c1-15-6-8-16(9-7-15)17(14-20-18(23)19(2,3)4)22-12-10-21(5)11-13-22/h6-9,17H,10-14H2,1-5H3,(H,20,23)/t17-/m0/s1. The van der Waals surface area contributed by atoms with Crippen LogP contribution in [0.2, 0.25) is 0 Å². The SMILES string of the molecule is Cc1ccc([C@H](CNC(=O)C(C)(C)C)N2CCN(C)CC2)cc1. The van der Waals surface area contributed by atoms with Crippen molar-refractivity contribution in [3.63, 3.8) is 0 Å². The van der Waals surface area contributed by atoms with Gasteiger partial charge in [-0.05, 0) is 19.5 Å². The van der Waals surface area contributed by atoms with E-state index >= 15 is 0 Å². The summed E-state index contributed by atoms with van der Waals surface area (Å²) in [6.07, 6.45) is 0. The van der Waals surface area contributed by atoms with Gasteiger partial charge in [-0.15, -0.1) is 0 Å². The van der Waals surface area contributed by atoms with Crippen molar-refractivity contribution in [3.8, 4) is 0 Å². The highest BCUT2D eigenvalue weighted by Crippen LogP contribution is 2.23. The second kappa shape index (κ2) is 7.45. The van der Waals surface area contributed by atoms with Crippen LogP contribution in [0.3, 0.4) is 0 Å². The molecule has 0 radical (unpaired) electrons. The van der Waals surface area contributed by atoms with E-state index in [1.807, 2.05) is 20.8 Å². The number of likely N-dealkylation sites (N-methyl/N-ethyl adjacent to an activating group) is 1. The molecule has 1 fully saturated rings. The summed E-state index contributed by atoms with van der Waals surface area (Å²) in [4.78, 5) is 17.1. The molecule has 1 aliphatic rings. The molecule has 128 valence electrons. The molecule has 1 aliphatic heterocycles. The second-order valence-electron chi connectivity index (χ2n) is 7.73. The van der Waals surface area contributed by atoms with E-state index in [9.17, 15) is 4.79 Å². The number of carbonyl (C=O) groups excluding carboxylic acids is 1. The summed E-state index contributed by atoms with van der Waals surface area (Å²) < 4.78 is 0. The first-order valence-corrected chi connectivity index (χ1v) is 8.55. The van der Waals surface area contributed by atoms with Gasteiger partial charge in [-0.3, -0.25) is 9.69 Å². The number of piperazine rings is 1. The topological polar surface area (TPSA) is 35.6 Å². The summed E-state index contributed by atoms with van der Waals surface area (Å²) in [6.45, 7) is 12.9. The van der Waals surface area contributed by atoms with Gasteiger partial charge < -0.3 is 10.2 Å². The average Bonchev–Trinajstić information content (AvgIpc) is 2.49. The van der Waals surface area contributed by atoms with Gasteiger partial charge in [0.1, 0.15) is 0 Å². The highest BCUT2D eigenvalue weighted by atomic mass is 16.2. The molecule has 1 atom stereocenters. The number of aryl methyl sites for hydroxylation is 1. The minimum atomic E-state index is -0.347. The van der Waals surface area contributed by atoms with Crippen molar-refractivity contribution >= 4 is 5.91 Å². The van der Waals surface area contributed by atoms with Crippen LogP contribution in [0.15, 0.2) is 24.3 Å². The lowest BCUT2D eigenvalue weighted by Crippen LogP contribution is -2.49. The average molecular weight is 317 g/mol. The van der Waals surface area contributed by atoms with Crippen LogP contribution < -0.4 is 5.32 Å². The number of hydrogen-bond donors (Lipinski definition) is 1. The quantitative estimate of drug-likeness (QED) is 0.926. The summed E-state index contributed by atoms with van der Waals surface area (Å²) in [7, 11) is 2.17. The van der Waals surface area contributed by atoms with Crippen LogP contribution in [0.4, 0.5) is 0 Å². The van der Waals surface area contributed by atoms with Crippen LogP contribution in [-0.2, 0) is 4.79 Å². The zero-order chi connectivity index (χ0) is 17.0. The van der Waals surface area contributed by atoms with Crippen molar-refractivity contribution in [1.82, 2.24) is 15.1 Å². The molecule has 1 aromatic rings. The molecule has 4 heteroatoms. The first-order valence-electron chi connectivity index (χ1n) is 8.55. The highest BCUT2D eigenvalue weighted by molar-refractivity contribution is 5.81. The Labute approximate surface area is 140 Å². The molecule has 1 saturated heterocycles. The maximum Gasteiger partial charge on any atom is 0.225 e. The summed E-state index contributed by atoms with van der Waals surface area (Å²) in [6, 6.07) is 8.95. The van der Waals surface area contributed by atoms with Gasteiger partial charge in [0.15, 0.2) is 0 Å². The normalized spacial score (nSPS) is 18.7. The van der Waals surface area contributed by atoms with Gasteiger partial charge in [-0.25, -0.2) is 0 Å². The number of benzene rings is 1. The molecule has 0 saturated carbocycles. The Morgan fingerprint density at radius 3 is 2.22 bits per heavy atom. The lowest BCUT2D eigenvalue weighted by molar-refractivity contribution is -0.128. The Kier molecular flexibility index (Phi) is 5.82. The Morgan fingerprint density at radius 1 is 1.13 bits per heavy atom. The summed E-state index contributed by atoms with van der Waals surface area (Å²) >= 11 is 0. The zero-order valence-electron chi connectivity index (χ0n) is 15.2. The lowest BCUT2D eigenvalue weighted by Gasteiger charge is -2.38. The van der Waals surface area contributed by atoms with Crippen molar-refractivity contribution in [2.75, 3.05) is 39.8 Å². The van der Waals surface area contributed by atoms with E-state index < -0.39 is 0 Å². The monoisotopic (exact) mass is 317 g/mol. The molecule has 4 nitrogen and oxygen atoms in total. The third-order valence-electron chi connectivity index (χ3n) is 4.58. The lowest BCUT2D eigenvalue weighted by atomic mass is 9.95. The van der Waals surface area contributed by atoms with E-state index in [2.05, 4.69) is 53.4 Å². The van der Waals surface area contributed by atoms with Crippen molar-refractivity contribution in [2.24, 2.45) is 5.41 Å². The van der Waals surface area contributed by atoms with Crippen molar-refractivity contribution < 1.29 is 4.79 Å². The Morgan fingerprint density at radius 2 is 1.70 bits per heavy atom. The predicted octanol–water partition coefficient (Wildman–Crippen LogP) is 2.45. The number of rotatable bonds is 4. The van der Waals surface area contributed by atoms with Crippen molar-refractivity contribution in [3.05, 3.63) is 35.4 Å². The Bertz CT molecular complexity index is 510. The highest BCUT2D eigenvalue weighted by Gasteiger charge is 2.26. The number of hydrogen-bond acceptors (Lipinski definition) is 3. The molecular formula is C19H31N3O. The maximum atomic E-state index is 12.3. The number of nitrogens with one attached hydrogen (secondary N) is 1. The van der Waals surface area contributed by atoms with E-state index in [1.165, 1.54) is 11.1 Å². The van der Waals surface area contributed by atoms with Gasteiger partial charge in [0.05, 0.1) is 6.04 Å². The van der Waals surface area contributed by atoms with Gasteiger partial charge in [-0.1, -0.05) is 50.6 Å². The van der Waals surface area contributed by atoms with Crippen molar-refractivity contribution in [2.45, 2.75) is 33.7 Å². The predicted molar refractivity (Wildman–Crippen MR) is 95.5 cm³/mol. The molecular weight excluding hydrogens is 286 g/mol.